The number of rotatable bonds is 6. The van der Waals surface area contributed by atoms with E-state index in [2.05, 4.69) is 4.98 Å². The number of nitrogens with zero attached hydrogens (tertiary/aromatic N) is 3. The summed E-state index contributed by atoms with van der Waals surface area (Å²) < 4.78 is 312. The predicted molar refractivity (Wildman–Crippen MR) is 281 cm³/mol. The highest BCUT2D eigenvalue weighted by Crippen LogP contribution is 2.46. The largest absolute Gasteiger partial charge is 0.507 e. The minimum Gasteiger partial charge on any atom is -0.507 e. The Hall–Kier alpha value is -6.26. The second-order valence-electron chi connectivity index (χ2n) is 17.5. The average Bonchev–Trinajstić information content (AvgIpc) is 0.888. The molecule has 0 amide bonds. The van der Waals surface area contributed by atoms with Crippen LogP contribution in [0, 0.1) is 0 Å². The molecule has 0 aliphatic heterocycles. The third-order valence-corrected chi connectivity index (χ3v) is 11.4. The molecule has 0 bridgehead atoms. The van der Waals surface area contributed by atoms with Gasteiger partial charge in [0.2, 0.25) is 0 Å². The van der Waals surface area contributed by atoms with Crippen LogP contribution in [-0.2, 0) is 27.1 Å². The maximum atomic E-state index is 13.2. The quantitative estimate of drug-likeness (QED) is 0.181. The molecule has 0 spiro atoms. The van der Waals surface area contributed by atoms with Gasteiger partial charge in [0.1, 0.15) is 11.6 Å². The number of aromatic nitrogens is 3. The van der Waals surface area contributed by atoms with E-state index in [0.717, 1.165) is 34.9 Å². The number of phenolic OH excluding ortho intramolecular Hbond substituents is 1. The Morgan fingerprint density at radius 1 is 0.455 bits per heavy atom. The lowest BCUT2D eigenvalue weighted by Gasteiger charge is -2.28. The Labute approximate surface area is 445 Å². The van der Waals surface area contributed by atoms with Gasteiger partial charge >= 0.3 is 0 Å². The summed E-state index contributed by atoms with van der Waals surface area (Å²) in [5.74, 6) is -2.48. The van der Waals surface area contributed by atoms with Crippen molar-refractivity contribution < 1.29 is 54.5 Å². The van der Waals surface area contributed by atoms with Crippen LogP contribution >= 0.6 is 0 Å². The van der Waals surface area contributed by atoms with Crippen LogP contribution in [0.4, 0.5) is 0 Å². The molecule has 0 saturated carbocycles. The fourth-order valence-corrected chi connectivity index (χ4v) is 7.92. The van der Waals surface area contributed by atoms with Crippen molar-refractivity contribution in [2.75, 3.05) is 0 Å². The van der Waals surface area contributed by atoms with Gasteiger partial charge in [-0.05, 0) is 120 Å². The minimum absolute atomic E-state index is 0.0491. The van der Waals surface area contributed by atoms with Crippen molar-refractivity contribution in [2.45, 2.75) is 130 Å². The first kappa shape index (κ1) is 19.5. The number of benzene rings is 6. The fraction of sp³-hybridized carbons (Fsp3) is 0.323. The van der Waals surface area contributed by atoms with E-state index in [1.807, 2.05) is 20.8 Å². The van der Waals surface area contributed by atoms with E-state index in [0.29, 0.717) is 28.3 Å². The average molecular weight is 908 g/mol. The van der Waals surface area contributed by atoms with E-state index in [-0.39, 0.29) is 50.7 Å². The number of phenols is 1. The highest BCUT2D eigenvalue weighted by atomic mass is 16.3. The van der Waals surface area contributed by atoms with E-state index in [1.54, 1.807) is 30.3 Å². The molecular weight excluding hydrogens is 803 g/mol. The van der Waals surface area contributed by atoms with Gasteiger partial charge in [-0.25, -0.2) is 4.98 Å². The van der Waals surface area contributed by atoms with Gasteiger partial charge in [0, 0.05) is 77.8 Å². The number of pyridine rings is 1. The summed E-state index contributed by atoms with van der Waals surface area (Å²) in [5.41, 5.74) is -20.6. The molecule has 0 saturated heterocycles. The topological polar surface area (TPSA) is 50.9 Å². The maximum Gasteiger partial charge on any atom is 0.149 e. The molecule has 8 rings (SSSR count). The number of hydrogen-bond acceptors (Lipinski definition) is 3. The van der Waals surface area contributed by atoms with Crippen LogP contribution in [0.3, 0.4) is 0 Å². The molecule has 6 aromatic carbocycles. The number of fused-ring (bicyclic) bond motifs is 1. The highest BCUT2D eigenvalue weighted by Gasteiger charge is 2.30. The van der Waals surface area contributed by atoms with Crippen LogP contribution in [0.25, 0.3) is 72.7 Å². The molecule has 0 aliphatic carbocycles. The molecule has 4 heteroatoms. The van der Waals surface area contributed by atoms with Gasteiger partial charge in [-0.3, -0.25) is 9.55 Å². The minimum atomic E-state index is -4.39. The number of imidazole rings is 1. The lowest BCUT2D eigenvalue weighted by molar-refractivity contribution is 0.446. The lowest BCUT2D eigenvalue weighted by atomic mass is 9.79. The van der Waals surface area contributed by atoms with Crippen molar-refractivity contribution in [3.05, 3.63) is 167 Å². The smallest absolute Gasteiger partial charge is 0.149 e. The van der Waals surface area contributed by atoms with Crippen molar-refractivity contribution in [1.82, 2.24) is 14.5 Å². The molecule has 338 valence electrons. The van der Waals surface area contributed by atoms with Crippen LogP contribution in [0.5, 0.6) is 5.75 Å². The molecular formula is C62H69N3O. The summed E-state index contributed by atoms with van der Waals surface area (Å²) in [7, 11) is 0. The van der Waals surface area contributed by atoms with Gasteiger partial charge in [-0.2, -0.15) is 0 Å². The molecule has 1 N–H and O–H groups in total. The van der Waals surface area contributed by atoms with Crippen LogP contribution in [0.1, 0.15) is 180 Å². The van der Waals surface area contributed by atoms with Crippen molar-refractivity contribution in [3.63, 3.8) is 0 Å². The van der Waals surface area contributed by atoms with Crippen molar-refractivity contribution in [3.8, 4) is 67.5 Å². The van der Waals surface area contributed by atoms with Gasteiger partial charge in [0.15, 0.2) is 0 Å². The monoisotopic (exact) mass is 908 g/mol. The predicted octanol–water partition coefficient (Wildman–Crippen LogP) is 16.9. The normalized spacial score (nSPS) is 23.2. The molecule has 2 heterocycles. The summed E-state index contributed by atoms with van der Waals surface area (Å²) in [5, 5.41) is 13.2. The Kier molecular flexibility index (Phi) is 4.90. The molecule has 0 aliphatic rings. The first-order valence-corrected chi connectivity index (χ1v) is 20.6. The molecule has 8 aromatic rings. The zero-order valence-corrected chi connectivity index (χ0v) is 36.1. The number of hydrogen-bond donors (Lipinski definition) is 1. The van der Waals surface area contributed by atoms with E-state index in [9.17, 15) is 5.11 Å². The first-order chi connectivity index (χ1) is 45.8. The highest BCUT2D eigenvalue weighted by molar-refractivity contribution is 5.98. The first-order valence-electron chi connectivity index (χ1n) is 38.6. The van der Waals surface area contributed by atoms with E-state index >= 15 is 0 Å². The molecule has 0 atom stereocenters. The third-order valence-electron chi connectivity index (χ3n) is 11.4. The van der Waals surface area contributed by atoms with Gasteiger partial charge in [0.25, 0.3) is 0 Å². The Balaban J connectivity index is 1.61. The zero-order chi connectivity index (χ0) is 77.7. The van der Waals surface area contributed by atoms with Crippen LogP contribution in [0.15, 0.2) is 140 Å². The standard InChI is InChI=1S/C62H69N3O/c1-58(2,3)44-26-24-39(25-27-44)41-30-31-63-52(35-41)43-32-42(33-46(34-43)60(7,8)9)48-22-19-23-54-55(48)64-57(50-37-47(61(10,11)12)38-51(56(50)66)62(13,14)15)65(54)53-29-28-45(59(4,5)6)36-49(53)40-20-17-16-18-21-40/h16-38,66H,1-15H3/i1D3,2D3,3D3,4D3,5D3,6D3,10D3,11D3,12D3,13D3,14D3,15D3. The summed E-state index contributed by atoms with van der Waals surface area (Å²) in [4.78, 5) is 9.69. The lowest BCUT2D eigenvalue weighted by Crippen LogP contribution is -2.17. The van der Waals surface area contributed by atoms with Crippen molar-refractivity contribution in [1.29, 1.82) is 0 Å². The van der Waals surface area contributed by atoms with Crippen LogP contribution in [-0.4, -0.2) is 19.6 Å². The molecule has 0 radical (unpaired) electrons. The fourth-order valence-electron chi connectivity index (χ4n) is 7.92. The maximum absolute atomic E-state index is 13.2. The Bertz CT molecular complexity index is 4300. The van der Waals surface area contributed by atoms with Gasteiger partial charge in [-0.15, -0.1) is 0 Å². The summed E-state index contributed by atoms with van der Waals surface area (Å²) in [6, 6.07) is 28.3. The summed E-state index contributed by atoms with van der Waals surface area (Å²) in [6.07, 6.45) is 1.41. The second kappa shape index (κ2) is 16.6. The van der Waals surface area contributed by atoms with E-state index in [1.165, 1.54) is 66.9 Å². The molecule has 4 nitrogen and oxygen atoms in total. The van der Waals surface area contributed by atoms with Gasteiger partial charge < -0.3 is 5.11 Å². The summed E-state index contributed by atoms with van der Waals surface area (Å²) in [6.45, 7) is -42.6. The summed E-state index contributed by atoms with van der Waals surface area (Å²) >= 11 is 0. The van der Waals surface area contributed by atoms with Crippen molar-refractivity contribution >= 4 is 11.0 Å². The SMILES string of the molecule is [2H]C([2H])([2H])C(c1ccc(-c2ccnc(-c3cc(-c4cccc5c4nc(-c4cc(C(C([2H])([2H])[2H])(C([2H])([2H])[2H])C([2H])([2H])[2H])cc(C(C([2H])([2H])[2H])(C([2H])([2H])[2H])C([2H])([2H])[2H])c4O)n5-c4ccc(C(C([2H])([2H])[2H])(C([2H])([2H])[2H])C([2H])([2H])[2H])cc4-c4ccccc4)cc(C(C)(C)C)c3)c2)cc1)(C([2H])([2H])[2H])C([2H])([2H])[2H]. The molecule has 0 unspecified atom stereocenters. The molecule has 2 aromatic heterocycles. The number of para-hydroxylation sites is 1. The van der Waals surface area contributed by atoms with Gasteiger partial charge in [0.05, 0.1) is 28.0 Å². The molecule has 0 fully saturated rings. The number of aromatic hydroxyl groups is 1. The zero-order valence-electron chi connectivity index (χ0n) is 72.1. The molecule has 66 heavy (non-hydrogen) atoms. The van der Waals surface area contributed by atoms with Crippen LogP contribution in [0.2, 0.25) is 0 Å². The van der Waals surface area contributed by atoms with Crippen molar-refractivity contribution in [2.24, 2.45) is 0 Å². The van der Waals surface area contributed by atoms with Crippen LogP contribution < -0.4 is 0 Å². The van der Waals surface area contributed by atoms with E-state index < -0.39 is 149 Å². The Morgan fingerprint density at radius 3 is 1.76 bits per heavy atom. The second-order valence-corrected chi connectivity index (χ2v) is 17.5. The van der Waals surface area contributed by atoms with Gasteiger partial charge in [-0.1, -0.05) is 188 Å². The Morgan fingerprint density at radius 2 is 1.08 bits per heavy atom. The van der Waals surface area contributed by atoms with E-state index in [4.69, 9.17) is 54.3 Å². The third kappa shape index (κ3) is 9.12.